The lowest BCUT2D eigenvalue weighted by atomic mass is 10.1. The second kappa shape index (κ2) is 7.02. The third kappa shape index (κ3) is 4.17. The molecular weight excluding hydrogens is 293 g/mol. The first-order valence-electron chi connectivity index (χ1n) is 6.56. The molecule has 0 aliphatic rings. The molecule has 5 heteroatoms. The number of aromatic nitrogens is 2. The van der Waals surface area contributed by atoms with Crippen LogP contribution in [0.1, 0.15) is 29.7 Å². The van der Waals surface area contributed by atoms with E-state index < -0.39 is 0 Å². The molecule has 3 nitrogen and oxygen atoms in total. The van der Waals surface area contributed by atoms with E-state index in [1.54, 1.807) is 6.07 Å². The SMILES string of the molecule is CCNCc1cc(C)nc(Cc2ccc(Cl)cc2Cl)n1. The smallest absolute Gasteiger partial charge is 0.133 e. The third-order valence-electron chi connectivity index (χ3n) is 2.87. The molecule has 0 aliphatic heterocycles. The van der Waals surface area contributed by atoms with Crippen LogP contribution in [0, 0.1) is 6.92 Å². The van der Waals surface area contributed by atoms with E-state index in [1.807, 2.05) is 25.1 Å². The maximum absolute atomic E-state index is 6.19. The van der Waals surface area contributed by atoms with Gasteiger partial charge in [-0.2, -0.15) is 0 Å². The van der Waals surface area contributed by atoms with Crippen LogP contribution < -0.4 is 5.32 Å². The van der Waals surface area contributed by atoms with Gasteiger partial charge in [-0.1, -0.05) is 36.2 Å². The van der Waals surface area contributed by atoms with Crippen molar-refractivity contribution >= 4 is 23.2 Å². The average Bonchev–Trinajstić information content (AvgIpc) is 2.39. The van der Waals surface area contributed by atoms with Gasteiger partial charge in [-0.15, -0.1) is 0 Å². The normalized spacial score (nSPS) is 10.8. The molecule has 1 N–H and O–H groups in total. The highest BCUT2D eigenvalue weighted by Gasteiger charge is 2.07. The van der Waals surface area contributed by atoms with Gasteiger partial charge in [0.25, 0.3) is 0 Å². The molecule has 0 radical (unpaired) electrons. The topological polar surface area (TPSA) is 37.8 Å². The van der Waals surface area contributed by atoms with E-state index in [4.69, 9.17) is 23.2 Å². The molecule has 0 atom stereocenters. The predicted molar refractivity (Wildman–Crippen MR) is 83.4 cm³/mol. The van der Waals surface area contributed by atoms with E-state index >= 15 is 0 Å². The molecule has 0 bridgehead atoms. The van der Waals surface area contributed by atoms with Crippen molar-refractivity contribution < 1.29 is 0 Å². The van der Waals surface area contributed by atoms with Crippen LogP contribution in [-0.4, -0.2) is 16.5 Å². The second-order valence-corrected chi connectivity index (χ2v) is 5.45. The lowest BCUT2D eigenvalue weighted by molar-refractivity contribution is 0.700. The molecule has 106 valence electrons. The van der Waals surface area contributed by atoms with Crippen LogP contribution in [0.2, 0.25) is 10.0 Å². The number of rotatable bonds is 5. The highest BCUT2D eigenvalue weighted by molar-refractivity contribution is 6.35. The Labute approximate surface area is 129 Å². The Bertz CT molecular complexity index is 600. The van der Waals surface area contributed by atoms with Gasteiger partial charge in [-0.3, -0.25) is 0 Å². The number of nitrogens with zero attached hydrogens (tertiary/aromatic N) is 2. The Morgan fingerprint density at radius 1 is 1.15 bits per heavy atom. The zero-order valence-electron chi connectivity index (χ0n) is 11.6. The third-order valence-corrected chi connectivity index (χ3v) is 3.46. The van der Waals surface area contributed by atoms with Crippen molar-refractivity contribution in [1.29, 1.82) is 0 Å². The number of benzene rings is 1. The molecule has 0 saturated carbocycles. The van der Waals surface area contributed by atoms with Crippen molar-refractivity contribution in [2.45, 2.75) is 26.8 Å². The van der Waals surface area contributed by atoms with Crippen LogP contribution in [0.4, 0.5) is 0 Å². The van der Waals surface area contributed by atoms with Gasteiger partial charge >= 0.3 is 0 Å². The van der Waals surface area contributed by atoms with Gasteiger partial charge in [-0.05, 0) is 37.2 Å². The zero-order chi connectivity index (χ0) is 14.5. The summed E-state index contributed by atoms with van der Waals surface area (Å²) in [6.07, 6.45) is 0.608. The van der Waals surface area contributed by atoms with E-state index in [0.29, 0.717) is 16.5 Å². The van der Waals surface area contributed by atoms with Crippen LogP contribution in [0.25, 0.3) is 0 Å². The van der Waals surface area contributed by atoms with Crippen LogP contribution >= 0.6 is 23.2 Å². The number of aryl methyl sites for hydroxylation is 1. The summed E-state index contributed by atoms with van der Waals surface area (Å²) in [6, 6.07) is 7.49. The molecule has 1 aromatic heterocycles. The minimum absolute atomic E-state index is 0.608. The van der Waals surface area contributed by atoms with Crippen LogP contribution in [0.15, 0.2) is 24.3 Å². The van der Waals surface area contributed by atoms with Crippen LogP contribution in [-0.2, 0) is 13.0 Å². The van der Waals surface area contributed by atoms with E-state index in [2.05, 4.69) is 22.2 Å². The summed E-state index contributed by atoms with van der Waals surface area (Å²) in [6.45, 7) is 5.72. The first-order chi connectivity index (χ1) is 9.58. The zero-order valence-corrected chi connectivity index (χ0v) is 13.1. The van der Waals surface area contributed by atoms with Gasteiger partial charge in [0.2, 0.25) is 0 Å². The minimum Gasteiger partial charge on any atom is -0.311 e. The maximum Gasteiger partial charge on any atom is 0.133 e. The Balaban J connectivity index is 2.21. The van der Waals surface area contributed by atoms with E-state index in [0.717, 1.165) is 35.9 Å². The Morgan fingerprint density at radius 2 is 1.95 bits per heavy atom. The van der Waals surface area contributed by atoms with Gasteiger partial charge in [0.1, 0.15) is 5.82 Å². The lowest BCUT2D eigenvalue weighted by Gasteiger charge is -2.08. The fourth-order valence-electron chi connectivity index (χ4n) is 1.96. The Hall–Kier alpha value is -1.16. The summed E-state index contributed by atoms with van der Waals surface area (Å²) >= 11 is 12.1. The van der Waals surface area contributed by atoms with E-state index in [1.165, 1.54) is 0 Å². The standard InChI is InChI=1S/C15H17Cl2N3/c1-3-18-9-13-6-10(2)19-15(20-13)7-11-4-5-12(16)8-14(11)17/h4-6,8,18H,3,7,9H2,1-2H3. The highest BCUT2D eigenvalue weighted by atomic mass is 35.5. The monoisotopic (exact) mass is 309 g/mol. The van der Waals surface area contributed by atoms with Gasteiger partial charge in [-0.25, -0.2) is 9.97 Å². The van der Waals surface area contributed by atoms with Crippen molar-refractivity contribution in [3.63, 3.8) is 0 Å². The Kier molecular flexibility index (Phi) is 5.35. The molecular formula is C15H17Cl2N3. The van der Waals surface area contributed by atoms with Gasteiger partial charge in [0.15, 0.2) is 0 Å². The van der Waals surface area contributed by atoms with Crippen LogP contribution in [0.5, 0.6) is 0 Å². The minimum atomic E-state index is 0.608. The number of hydrogen-bond donors (Lipinski definition) is 1. The number of hydrogen-bond acceptors (Lipinski definition) is 3. The average molecular weight is 310 g/mol. The van der Waals surface area contributed by atoms with E-state index in [9.17, 15) is 0 Å². The predicted octanol–water partition coefficient (Wildman–Crippen LogP) is 3.79. The van der Waals surface area contributed by atoms with Crippen LogP contribution in [0.3, 0.4) is 0 Å². The molecule has 0 fully saturated rings. The molecule has 20 heavy (non-hydrogen) atoms. The lowest BCUT2D eigenvalue weighted by Crippen LogP contribution is -2.14. The highest BCUT2D eigenvalue weighted by Crippen LogP contribution is 2.22. The molecule has 0 aliphatic carbocycles. The van der Waals surface area contributed by atoms with Crippen molar-refractivity contribution in [2.24, 2.45) is 0 Å². The van der Waals surface area contributed by atoms with Crippen molar-refractivity contribution in [1.82, 2.24) is 15.3 Å². The van der Waals surface area contributed by atoms with Gasteiger partial charge < -0.3 is 5.32 Å². The molecule has 0 spiro atoms. The maximum atomic E-state index is 6.19. The van der Waals surface area contributed by atoms with E-state index in [-0.39, 0.29) is 0 Å². The van der Waals surface area contributed by atoms with Crippen molar-refractivity contribution in [3.8, 4) is 0 Å². The molecule has 0 saturated heterocycles. The summed E-state index contributed by atoms with van der Waals surface area (Å²) in [4.78, 5) is 9.03. The molecule has 0 unspecified atom stereocenters. The summed E-state index contributed by atoms with van der Waals surface area (Å²) in [5.74, 6) is 0.780. The molecule has 0 amide bonds. The molecule has 2 rings (SSSR count). The fraction of sp³-hybridized carbons (Fsp3) is 0.333. The molecule has 2 aromatic rings. The Morgan fingerprint density at radius 3 is 2.65 bits per heavy atom. The summed E-state index contributed by atoms with van der Waals surface area (Å²) in [5, 5.41) is 4.55. The van der Waals surface area contributed by atoms with Crippen molar-refractivity contribution in [2.75, 3.05) is 6.54 Å². The summed E-state index contributed by atoms with van der Waals surface area (Å²) in [7, 11) is 0. The number of halogens is 2. The molecule has 1 aromatic carbocycles. The van der Waals surface area contributed by atoms with Crippen molar-refractivity contribution in [3.05, 3.63) is 57.1 Å². The fourth-order valence-corrected chi connectivity index (χ4v) is 2.43. The second-order valence-electron chi connectivity index (χ2n) is 4.61. The first-order valence-corrected chi connectivity index (χ1v) is 7.32. The molecule has 1 heterocycles. The number of nitrogens with one attached hydrogen (secondary N) is 1. The largest absolute Gasteiger partial charge is 0.311 e. The summed E-state index contributed by atoms with van der Waals surface area (Å²) < 4.78 is 0. The van der Waals surface area contributed by atoms with Gasteiger partial charge in [0, 0.05) is 28.7 Å². The summed E-state index contributed by atoms with van der Waals surface area (Å²) in [5.41, 5.74) is 2.95. The quantitative estimate of drug-likeness (QED) is 0.913. The van der Waals surface area contributed by atoms with Gasteiger partial charge in [0.05, 0.1) is 5.69 Å². The first kappa shape index (κ1) is 15.2.